The minimum absolute atomic E-state index is 0.469. The van der Waals surface area contributed by atoms with Crippen molar-refractivity contribution in [3.05, 3.63) is 57.0 Å². The van der Waals surface area contributed by atoms with Crippen LogP contribution in [0.3, 0.4) is 0 Å². The fourth-order valence-electron chi connectivity index (χ4n) is 2.03. The maximum absolute atomic E-state index is 10.4. The van der Waals surface area contributed by atoms with Crippen LogP contribution in [0, 0.1) is 0 Å². The van der Waals surface area contributed by atoms with Gasteiger partial charge in [-0.2, -0.15) is 0 Å². The maximum Gasteiger partial charge on any atom is 0.0985 e. The van der Waals surface area contributed by atoms with E-state index in [1.54, 1.807) is 0 Å². The normalized spacial score (nSPS) is 12.2. The molecule has 3 nitrogen and oxygen atoms in total. The lowest BCUT2D eigenvalue weighted by Crippen LogP contribution is -2.24. The molecule has 0 saturated heterocycles. The SMILES string of the molecule is CN(CC(O)c1cc(Br)cc(Br)c1N)c1ccccc1. The lowest BCUT2D eigenvalue weighted by Gasteiger charge is -2.24. The predicted octanol–water partition coefficient (Wildman–Crippen LogP) is 3.96. The van der Waals surface area contributed by atoms with Crippen molar-refractivity contribution in [2.75, 3.05) is 24.2 Å². The first-order chi connectivity index (χ1) is 9.49. The Labute approximate surface area is 135 Å². The van der Waals surface area contributed by atoms with Crippen molar-refractivity contribution in [3.63, 3.8) is 0 Å². The van der Waals surface area contributed by atoms with Crippen LogP contribution in [0.2, 0.25) is 0 Å². The minimum Gasteiger partial charge on any atom is -0.398 e. The molecule has 0 saturated carbocycles. The summed E-state index contributed by atoms with van der Waals surface area (Å²) < 4.78 is 1.67. The van der Waals surface area contributed by atoms with Gasteiger partial charge in [-0.3, -0.25) is 0 Å². The highest BCUT2D eigenvalue weighted by Crippen LogP contribution is 2.32. The van der Waals surface area contributed by atoms with Gasteiger partial charge in [-0.05, 0) is 40.2 Å². The summed E-state index contributed by atoms with van der Waals surface area (Å²) >= 11 is 6.81. The van der Waals surface area contributed by atoms with Crippen LogP contribution in [0.1, 0.15) is 11.7 Å². The van der Waals surface area contributed by atoms with E-state index >= 15 is 0 Å². The molecule has 2 aromatic rings. The van der Waals surface area contributed by atoms with Gasteiger partial charge in [-0.15, -0.1) is 0 Å². The topological polar surface area (TPSA) is 49.5 Å². The zero-order chi connectivity index (χ0) is 14.7. The highest BCUT2D eigenvalue weighted by atomic mass is 79.9. The number of aliphatic hydroxyl groups excluding tert-OH is 1. The van der Waals surface area contributed by atoms with Crippen LogP contribution in [0.4, 0.5) is 11.4 Å². The van der Waals surface area contributed by atoms with Gasteiger partial charge in [0.2, 0.25) is 0 Å². The fourth-order valence-corrected chi connectivity index (χ4v) is 3.28. The molecule has 0 amide bonds. The maximum atomic E-state index is 10.4. The fraction of sp³-hybridized carbons (Fsp3) is 0.200. The Morgan fingerprint density at radius 1 is 1.20 bits per heavy atom. The summed E-state index contributed by atoms with van der Waals surface area (Å²) in [7, 11) is 1.95. The second kappa shape index (κ2) is 6.61. The average molecular weight is 400 g/mol. The van der Waals surface area contributed by atoms with Gasteiger partial charge >= 0.3 is 0 Å². The van der Waals surface area contributed by atoms with Crippen LogP contribution >= 0.6 is 31.9 Å². The number of anilines is 2. The molecule has 0 bridgehead atoms. The number of hydrogen-bond acceptors (Lipinski definition) is 3. The van der Waals surface area contributed by atoms with Gasteiger partial charge in [-0.25, -0.2) is 0 Å². The molecule has 5 heteroatoms. The van der Waals surface area contributed by atoms with Gasteiger partial charge in [0.1, 0.15) is 0 Å². The largest absolute Gasteiger partial charge is 0.398 e. The number of halogens is 2. The predicted molar refractivity (Wildman–Crippen MR) is 90.9 cm³/mol. The van der Waals surface area contributed by atoms with Crippen molar-refractivity contribution < 1.29 is 5.11 Å². The van der Waals surface area contributed by atoms with Crippen LogP contribution in [0.25, 0.3) is 0 Å². The quantitative estimate of drug-likeness (QED) is 0.765. The first-order valence-corrected chi connectivity index (χ1v) is 7.76. The summed E-state index contributed by atoms with van der Waals surface area (Å²) in [6, 6.07) is 13.7. The Balaban J connectivity index is 2.18. The Morgan fingerprint density at radius 2 is 1.85 bits per heavy atom. The molecule has 2 rings (SSSR count). The standard InChI is InChI=1S/C15H16Br2N2O/c1-19(11-5-3-2-4-6-11)9-14(20)12-7-10(16)8-13(17)15(12)18/h2-8,14,20H,9,18H2,1H3. The summed E-state index contributed by atoms with van der Waals surface area (Å²) in [5, 5.41) is 10.4. The van der Waals surface area contributed by atoms with Crippen molar-refractivity contribution in [1.82, 2.24) is 0 Å². The van der Waals surface area contributed by atoms with Crippen molar-refractivity contribution in [2.45, 2.75) is 6.10 Å². The van der Waals surface area contributed by atoms with E-state index in [1.807, 2.05) is 54.4 Å². The molecule has 2 aromatic carbocycles. The number of benzene rings is 2. The molecule has 0 aromatic heterocycles. The van der Waals surface area contributed by atoms with E-state index < -0.39 is 6.10 Å². The number of likely N-dealkylation sites (N-methyl/N-ethyl adjacent to an activating group) is 1. The first-order valence-electron chi connectivity index (χ1n) is 6.17. The number of nitrogens with two attached hydrogens (primary N) is 1. The molecule has 1 unspecified atom stereocenters. The lowest BCUT2D eigenvalue weighted by molar-refractivity contribution is 0.185. The Hall–Kier alpha value is -1.04. The van der Waals surface area contributed by atoms with Crippen LogP contribution in [0.5, 0.6) is 0 Å². The van der Waals surface area contributed by atoms with E-state index in [1.165, 1.54) is 0 Å². The van der Waals surface area contributed by atoms with Crippen molar-refractivity contribution in [3.8, 4) is 0 Å². The van der Waals surface area contributed by atoms with Gasteiger partial charge in [0.05, 0.1) is 11.8 Å². The second-order valence-corrected chi connectivity index (χ2v) is 6.39. The van der Waals surface area contributed by atoms with Crippen molar-refractivity contribution in [2.24, 2.45) is 0 Å². The van der Waals surface area contributed by atoms with E-state index in [0.29, 0.717) is 17.8 Å². The third-order valence-electron chi connectivity index (χ3n) is 3.13. The summed E-state index contributed by atoms with van der Waals surface area (Å²) in [4.78, 5) is 2.00. The molecule has 0 heterocycles. The zero-order valence-electron chi connectivity index (χ0n) is 11.1. The van der Waals surface area contributed by atoms with Crippen molar-refractivity contribution in [1.29, 1.82) is 0 Å². The van der Waals surface area contributed by atoms with Gasteiger partial charge in [0.15, 0.2) is 0 Å². The lowest BCUT2D eigenvalue weighted by atomic mass is 10.1. The number of nitrogen functional groups attached to an aromatic ring is 1. The molecule has 106 valence electrons. The monoisotopic (exact) mass is 398 g/mol. The van der Waals surface area contributed by atoms with Gasteiger partial charge in [0, 0.05) is 33.8 Å². The van der Waals surface area contributed by atoms with Gasteiger partial charge < -0.3 is 15.7 Å². The van der Waals surface area contributed by atoms with Crippen LogP contribution in [0.15, 0.2) is 51.4 Å². The van der Waals surface area contributed by atoms with Crippen LogP contribution in [-0.4, -0.2) is 18.7 Å². The number of aliphatic hydroxyl groups is 1. The third kappa shape index (κ3) is 3.53. The summed E-state index contributed by atoms with van der Waals surface area (Å²) in [5.41, 5.74) is 8.36. The Kier molecular flexibility index (Phi) is 5.07. The molecule has 3 N–H and O–H groups in total. The number of para-hydroxylation sites is 1. The number of nitrogens with zero attached hydrogens (tertiary/aromatic N) is 1. The minimum atomic E-state index is -0.658. The van der Waals surface area contributed by atoms with E-state index in [4.69, 9.17) is 5.73 Å². The molecule has 0 aliphatic carbocycles. The van der Waals surface area contributed by atoms with E-state index in [0.717, 1.165) is 14.6 Å². The first kappa shape index (κ1) is 15.4. The molecule has 0 spiro atoms. The molecular formula is C15H16Br2N2O. The number of rotatable bonds is 4. The summed E-state index contributed by atoms with van der Waals surface area (Å²) in [6.45, 7) is 0.469. The van der Waals surface area contributed by atoms with E-state index in [-0.39, 0.29) is 0 Å². The smallest absolute Gasteiger partial charge is 0.0985 e. The molecule has 1 atom stereocenters. The second-order valence-electron chi connectivity index (χ2n) is 4.62. The number of hydrogen-bond donors (Lipinski definition) is 2. The Morgan fingerprint density at radius 3 is 2.50 bits per heavy atom. The van der Waals surface area contributed by atoms with Crippen LogP contribution < -0.4 is 10.6 Å². The van der Waals surface area contributed by atoms with E-state index in [9.17, 15) is 5.11 Å². The summed E-state index contributed by atoms with van der Waals surface area (Å²) in [5.74, 6) is 0. The van der Waals surface area contributed by atoms with E-state index in [2.05, 4.69) is 31.9 Å². The molecular weight excluding hydrogens is 384 g/mol. The molecule has 0 fully saturated rings. The highest BCUT2D eigenvalue weighted by molar-refractivity contribution is 9.11. The molecule has 0 aliphatic heterocycles. The zero-order valence-corrected chi connectivity index (χ0v) is 14.2. The highest BCUT2D eigenvalue weighted by Gasteiger charge is 2.16. The van der Waals surface area contributed by atoms with Crippen LogP contribution in [-0.2, 0) is 0 Å². The van der Waals surface area contributed by atoms with Crippen molar-refractivity contribution >= 4 is 43.2 Å². The molecule has 0 aliphatic rings. The Bertz CT molecular complexity index is 590. The van der Waals surface area contributed by atoms with Gasteiger partial charge in [-0.1, -0.05) is 34.1 Å². The third-order valence-corrected chi connectivity index (χ3v) is 4.24. The molecule has 0 radical (unpaired) electrons. The summed E-state index contributed by atoms with van der Waals surface area (Å²) in [6.07, 6.45) is -0.658. The average Bonchev–Trinajstić information content (AvgIpc) is 2.43. The molecule has 20 heavy (non-hydrogen) atoms. The van der Waals surface area contributed by atoms with Gasteiger partial charge in [0.25, 0.3) is 0 Å².